The van der Waals surface area contributed by atoms with Gasteiger partial charge in [0.15, 0.2) is 0 Å². The summed E-state index contributed by atoms with van der Waals surface area (Å²) in [6.45, 7) is 4.64. The molecule has 1 rings (SSSR count). The van der Waals surface area contributed by atoms with Crippen molar-refractivity contribution in [1.82, 2.24) is 0 Å². The van der Waals surface area contributed by atoms with Crippen molar-refractivity contribution in [2.24, 2.45) is 23.5 Å². The van der Waals surface area contributed by atoms with Crippen LogP contribution in [0.3, 0.4) is 0 Å². The molecule has 0 bridgehead atoms. The third-order valence-electron chi connectivity index (χ3n) is 3.18. The molecule has 2 heteroatoms. The summed E-state index contributed by atoms with van der Waals surface area (Å²) in [4.78, 5) is 0. The van der Waals surface area contributed by atoms with Gasteiger partial charge in [-0.05, 0) is 30.6 Å². The largest absolute Gasteiger partial charge is 0.394 e. The number of aliphatic hydroxyl groups excluding tert-OH is 1. The Bertz CT molecular complexity index is 169. The molecule has 1 saturated carbocycles. The maximum Gasteiger partial charge on any atom is 0.0618 e. The Morgan fingerprint density at radius 2 is 1.92 bits per heavy atom. The van der Waals surface area contributed by atoms with Gasteiger partial charge in [0.05, 0.1) is 6.61 Å². The highest BCUT2D eigenvalue weighted by Gasteiger charge is 2.27. The van der Waals surface area contributed by atoms with E-state index in [1.165, 1.54) is 12.8 Å². The van der Waals surface area contributed by atoms with Gasteiger partial charge in [-0.25, -0.2) is 0 Å². The lowest BCUT2D eigenvalue weighted by atomic mass is 9.91. The van der Waals surface area contributed by atoms with Gasteiger partial charge >= 0.3 is 0 Å². The van der Waals surface area contributed by atoms with Gasteiger partial charge in [0.1, 0.15) is 0 Å². The Hall–Kier alpha value is -0.340. The van der Waals surface area contributed by atoms with E-state index in [4.69, 9.17) is 10.8 Å². The molecule has 1 aliphatic rings. The molecular weight excluding hydrogens is 162 g/mol. The van der Waals surface area contributed by atoms with Crippen molar-refractivity contribution in [2.75, 3.05) is 6.61 Å². The minimum absolute atomic E-state index is 0.0476. The minimum Gasteiger partial charge on any atom is -0.394 e. The van der Waals surface area contributed by atoms with Gasteiger partial charge < -0.3 is 10.8 Å². The predicted molar refractivity (Wildman–Crippen MR) is 55.3 cm³/mol. The Labute approximate surface area is 80.8 Å². The topological polar surface area (TPSA) is 46.2 Å². The standard InChI is InChI=1S/C11H21NO/c1-8-3-4-9(2)11(8)6-5-10(12)7-13/h5-6,8-11,13H,3-4,7,12H2,1-2H3/b6-5+. The number of allylic oxidation sites excluding steroid dienone is 1. The number of hydrogen-bond donors (Lipinski definition) is 2. The van der Waals surface area contributed by atoms with Crippen LogP contribution in [0.25, 0.3) is 0 Å². The first kappa shape index (κ1) is 10.7. The van der Waals surface area contributed by atoms with Gasteiger partial charge in [0, 0.05) is 6.04 Å². The molecule has 76 valence electrons. The Kier molecular flexibility index (Phi) is 3.94. The molecule has 3 atom stereocenters. The zero-order valence-electron chi connectivity index (χ0n) is 8.61. The first-order valence-electron chi connectivity index (χ1n) is 5.20. The van der Waals surface area contributed by atoms with E-state index in [-0.39, 0.29) is 12.6 Å². The lowest BCUT2D eigenvalue weighted by molar-refractivity contribution is 0.283. The summed E-state index contributed by atoms with van der Waals surface area (Å²) in [6.07, 6.45) is 6.79. The van der Waals surface area contributed by atoms with Crippen LogP contribution < -0.4 is 5.73 Å². The molecular formula is C11H21NO. The molecule has 3 unspecified atom stereocenters. The van der Waals surface area contributed by atoms with Crippen LogP contribution in [-0.2, 0) is 0 Å². The Morgan fingerprint density at radius 3 is 2.38 bits per heavy atom. The molecule has 1 fully saturated rings. The number of rotatable bonds is 3. The fourth-order valence-corrected chi connectivity index (χ4v) is 2.18. The molecule has 0 aromatic carbocycles. The molecule has 13 heavy (non-hydrogen) atoms. The molecule has 0 radical (unpaired) electrons. The molecule has 0 aromatic rings. The van der Waals surface area contributed by atoms with Gasteiger partial charge in [-0.15, -0.1) is 0 Å². The van der Waals surface area contributed by atoms with E-state index in [0.717, 1.165) is 11.8 Å². The summed E-state index contributed by atoms with van der Waals surface area (Å²) in [5.74, 6) is 2.21. The highest BCUT2D eigenvalue weighted by molar-refractivity contribution is 5.00. The van der Waals surface area contributed by atoms with Crippen LogP contribution in [0.15, 0.2) is 12.2 Å². The maximum absolute atomic E-state index is 8.76. The van der Waals surface area contributed by atoms with Crippen molar-refractivity contribution >= 4 is 0 Å². The van der Waals surface area contributed by atoms with Crippen molar-refractivity contribution in [3.63, 3.8) is 0 Å². The van der Waals surface area contributed by atoms with Crippen molar-refractivity contribution in [1.29, 1.82) is 0 Å². The van der Waals surface area contributed by atoms with E-state index in [9.17, 15) is 0 Å². The second-order valence-electron chi connectivity index (χ2n) is 4.34. The third kappa shape index (κ3) is 2.82. The molecule has 0 amide bonds. The van der Waals surface area contributed by atoms with E-state index >= 15 is 0 Å². The lowest BCUT2D eigenvalue weighted by Crippen LogP contribution is -2.22. The van der Waals surface area contributed by atoms with Crippen LogP contribution >= 0.6 is 0 Å². The smallest absolute Gasteiger partial charge is 0.0618 e. The number of aliphatic hydroxyl groups is 1. The van der Waals surface area contributed by atoms with Crippen LogP contribution in [0, 0.1) is 17.8 Å². The van der Waals surface area contributed by atoms with Gasteiger partial charge in [0.25, 0.3) is 0 Å². The first-order valence-corrected chi connectivity index (χ1v) is 5.20. The molecule has 0 aromatic heterocycles. The summed E-state index contributed by atoms with van der Waals surface area (Å²) >= 11 is 0. The SMILES string of the molecule is CC1CCC(C)C1/C=C/C(N)CO. The van der Waals surface area contributed by atoms with Gasteiger partial charge in [-0.3, -0.25) is 0 Å². The molecule has 3 N–H and O–H groups in total. The van der Waals surface area contributed by atoms with E-state index in [1.54, 1.807) is 0 Å². The average molecular weight is 183 g/mol. The molecule has 0 saturated heterocycles. The monoisotopic (exact) mass is 183 g/mol. The van der Waals surface area contributed by atoms with Gasteiger partial charge in [-0.1, -0.05) is 26.0 Å². The highest BCUT2D eigenvalue weighted by atomic mass is 16.3. The molecule has 0 heterocycles. The summed E-state index contributed by atoms with van der Waals surface area (Å²) in [6, 6.07) is -0.181. The Morgan fingerprint density at radius 1 is 1.38 bits per heavy atom. The van der Waals surface area contributed by atoms with E-state index in [2.05, 4.69) is 19.9 Å². The van der Waals surface area contributed by atoms with Gasteiger partial charge in [-0.2, -0.15) is 0 Å². The fraction of sp³-hybridized carbons (Fsp3) is 0.818. The third-order valence-corrected chi connectivity index (χ3v) is 3.18. The van der Waals surface area contributed by atoms with E-state index in [1.807, 2.05) is 6.08 Å². The normalized spacial score (nSPS) is 37.1. The summed E-state index contributed by atoms with van der Waals surface area (Å²) in [7, 11) is 0. The fourth-order valence-electron chi connectivity index (χ4n) is 2.18. The van der Waals surface area contributed by atoms with Crippen molar-refractivity contribution in [2.45, 2.75) is 32.7 Å². The van der Waals surface area contributed by atoms with E-state index < -0.39 is 0 Å². The number of nitrogens with two attached hydrogens (primary N) is 1. The van der Waals surface area contributed by atoms with Crippen LogP contribution in [0.1, 0.15) is 26.7 Å². The van der Waals surface area contributed by atoms with E-state index in [0.29, 0.717) is 5.92 Å². The quantitative estimate of drug-likeness (QED) is 0.652. The molecule has 0 spiro atoms. The van der Waals surface area contributed by atoms with Gasteiger partial charge in [0.2, 0.25) is 0 Å². The van der Waals surface area contributed by atoms with Crippen LogP contribution in [0.2, 0.25) is 0 Å². The highest BCUT2D eigenvalue weighted by Crippen LogP contribution is 2.37. The second kappa shape index (κ2) is 4.77. The Balaban J connectivity index is 2.47. The lowest BCUT2D eigenvalue weighted by Gasteiger charge is -2.15. The van der Waals surface area contributed by atoms with Crippen LogP contribution in [0.4, 0.5) is 0 Å². The molecule has 2 nitrogen and oxygen atoms in total. The average Bonchev–Trinajstić information content (AvgIpc) is 2.43. The van der Waals surface area contributed by atoms with Crippen molar-refractivity contribution in [3.05, 3.63) is 12.2 Å². The zero-order chi connectivity index (χ0) is 9.84. The minimum atomic E-state index is -0.181. The summed E-state index contributed by atoms with van der Waals surface area (Å²) in [5.41, 5.74) is 5.61. The van der Waals surface area contributed by atoms with Crippen molar-refractivity contribution in [3.8, 4) is 0 Å². The zero-order valence-corrected chi connectivity index (χ0v) is 8.61. The summed E-state index contributed by atoms with van der Waals surface area (Å²) < 4.78 is 0. The van der Waals surface area contributed by atoms with Crippen molar-refractivity contribution < 1.29 is 5.11 Å². The summed E-state index contributed by atoms with van der Waals surface area (Å²) in [5, 5.41) is 8.76. The molecule has 0 aliphatic heterocycles. The predicted octanol–water partition coefficient (Wildman–Crippen LogP) is 1.54. The number of hydrogen-bond acceptors (Lipinski definition) is 2. The second-order valence-corrected chi connectivity index (χ2v) is 4.34. The van der Waals surface area contributed by atoms with Crippen LogP contribution in [0.5, 0.6) is 0 Å². The first-order chi connectivity index (χ1) is 6.15. The maximum atomic E-state index is 8.76. The van der Waals surface area contributed by atoms with Crippen LogP contribution in [-0.4, -0.2) is 17.8 Å². The molecule has 1 aliphatic carbocycles.